The van der Waals surface area contributed by atoms with E-state index < -0.39 is 11.9 Å². The maximum absolute atomic E-state index is 11.9. The minimum absolute atomic E-state index is 0.0740. The molecule has 2 aromatic carbocycles. The summed E-state index contributed by atoms with van der Waals surface area (Å²) < 4.78 is 0. The van der Waals surface area contributed by atoms with Gasteiger partial charge in [-0.05, 0) is 18.2 Å². The summed E-state index contributed by atoms with van der Waals surface area (Å²) in [6.07, 6.45) is 0. The number of pyridine rings is 1. The molecule has 0 saturated heterocycles. The van der Waals surface area contributed by atoms with Gasteiger partial charge in [0, 0.05) is 11.1 Å². The summed E-state index contributed by atoms with van der Waals surface area (Å²) in [6.45, 7) is 0. The van der Waals surface area contributed by atoms with E-state index in [9.17, 15) is 14.7 Å². The first-order valence-electron chi connectivity index (χ1n) is 8.06. The first-order chi connectivity index (χ1) is 13.0. The Morgan fingerprint density at radius 3 is 2.19 bits per heavy atom. The van der Waals surface area contributed by atoms with E-state index in [0.29, 0.717) is 22.3 Å². The summed E-state index contributed by atoms with van der Waals surface area (Å²) in [4.78, 5) is 27.3. The number of benzene rings is 2. The fourth-order valence-corrected chi connectivity index (χ4v) is 2.94. The van der Waals surface area contributed by atoms with Gasteiger partial charge in [0.1, 0.15) is 0 Å². The van der Waals surface area contributed by atoms with Crippen molar-refractivity contribution in [2.45, 2.75) is 0 Å². The zero-order valence-electron chi connectivity index (χ0n) is 13.9. The number of carboxylic acid groups (broad SMARTS) is 2. The van der Waals surface area contributed by atoms with Crippen LogP contribution in [0, 0.1) is 0 Å². The van der Waals surface area contributed by atoms with E-state index in [0.717, 1.165) is 5.56 Å². The quantitative estimate of drug-likeness (QED) is 0.512. The Morgan fingerprint density at radius 2 is 1.56 bits per heavy atom. The van der Waals surface area contributed by atoms with Gasteiger partial charge >= 0.3 is 11.9 Å². The molecule has 0 amide bonds. The molecule has 0 spiro atoms. The van der Waals surface area contributed by atoms with Crippen LogP contribution in [0.1, 0.15) is 20.7 Å². The van der Waals surface area contributed by atoms with E-state index in [2.05, 4.69) is 15.2 Å². The van der Waals surface area contributed by atoms with Gasteiger partial charge < -0.3 is 10.2 Å². The number of rotatable bonds is 4. The molecule has 3 N–H and O–H groups in total. The fourth-order valence-electron chi connectivity index (χ4n) is 2.94. The molecule has 2 heterocycles. The highest BCUT2D eigenvalue weighted by molar-refractivity contribution is 6.08. The first-order valence-corrected chi connectivity index (χ1v) is 8.06. The third kappa shape index (κ3) is 2.91. The lowest BCUT2D eigenvalue weighted by molar-refractivity contribution is 0.0687. The van der Waals surface area contributed by atoms with Crippen LogP contribution >= 0.6 is 0 Å². The van der Waals surface area contributed by atoms with Gasteiger partial charge in [0.15, 0.2) is 5.65 Å². The molecule has 7 nitrogen and oxygen atoms in total. The molecule has 0 aliphatic rings. The Labute approximate surface area is 152 Å². The maximum Gasteiger partial charge on any atom is 0.336 e. The molecule has 132 valence electrons. The zero-order chi connectivity index (χ0) is 19.0. The lowest BCUT2D eigenvalue weighted by atomic mass is 10.0. The number of fused-ring (bicyclic) bond motifs is 1. The lowest BCUT2D eigenvalue weighted by Crippen LogP contribution is -2.00. The largest absolute Gasteiger partial charge is 0.478 e. The van der Waals surface area contributed by atoms with Crippen molar-refractivity contribution in [2.75, 3.05) is 0 Å². The number of aromatic carboxylic acids is 2. The highest BCUT2D eigenvalue weighted by Gasteiger charge is 2.19. The molecular weight excluding hydrogens is 346 g/mol. The van der Waals surface area contributed by atoms with Crippen LogP contribution in [0.25, 0.3) is 33.5 Å². The maximum atomic E-state index is 11.9. The van der Waals surface area contributed by atoms with Crippen LogP contribution in [-0.2, 0) is 0 Å². The van der Waals surface area contributed by atoms with Gasteiger partial charge in [0.25, 0.3) is 0 Å². The summed E-state index contributed by atoms with van der Waals surface area (Å²) in [7, 11) is 0. The second kappa shape index (κ2) is 6.38. The number of H-pyrrole nitrogens is 1. The van der Waals surface area contributed by atoms with Gasteiger partial charge in [-0.25, -0.2) is 14.6 Å². The topological polar surface area (TPSA) is 116 Å². The van der Waals surface area contributed by atoms with Gasteiger partial charge in [0.05, 0.1) is 27.9 Å². The number of nitrogens with zero attached hydrogens (tertiary/aromatic N) is 2. The summed E-state index contributed by atoms with van der Waals surface area (Å²) in [5.41, 5.74) is 2.91. The lowest BCUT2D eigenvalue weighted by Gasteiger charge is -2.06. The predicted molar refractivity (Wildman–Crippen MR) is 98.7 cm³/mol. The highest BCUT2D eigenvalue weighted by Crippen LogP contribution is 2.31. The molecule has 0 fully saturated rings. The Balaban J connectivity index is 1.90. The third-order valence-corrected chi connectivity index (χ3v) is 4.24. The summed E-state index contributed by atoms with van der Waals surface area (Å²) >= 11 is 0. The zero-order valence-corrected chi connectivity index (χ0v) is 13.9. The molecule has 2 aromatic heterocycles. The summed E-state index contributed by atoms with van der Waals surface area (Å²) in [6, 6.07) is 16.9. The molecule has 0 bridgehead atoms. The molecule has 4 rings (SSSR count). The minimum Gasteiger partial charge on any atom is -0.478 e. The number of hydrogen-bond acceptors (Lipinski definition) is 4. The van der Waals surface area contributed by atoms with Crippen LogP contribution in [0.5, 0.6) is 0 Å². The molecule has 0 radical (unpaired) electrons. The third-order valence-electron chi connectivity index (χ3n) is 4.24. The Morgan fingerprint density at radius 1 is 0.852 bits per heavy atom. The molecular formula is C20H13N3O4. The highest BCUT2D eigenvalue weighted by atomic mass is 16.4. The summed E-state index contributed by atoms with van der Waals surface area (Å²) in [5.74, 6) is -2.12. The van der Waals surface area contributed by atoms with E-state index >= 15 is 0 Å². The number of nitrogens with one attached hydrogen (secondary N) is 1. The monoisotopic (exact) mass is 359 g/mol. The smallest absolute Gasteiger partial charge is 0.336 e. The van der Waals surface area contributed by atoms with Gasteiger partial charge in [-0.15, -0.1) is 0 Å². The van der Waals surface area contributed by atoms with Crippen molar-refractivity contribution in [2.24, 2.45) is 0 Å². The predicted octanol–water partition coefficient (Wildman–Crippen LogP) is 3.69. The van der Waals surface area contributed by atoms with Crippen LogP contribution in [0.4, 0.5) is 0 Å². The van der Waals surface area contributed by atoms with E-state index in [1.165, 1.54) is 18.2 Å². The van der Waals surface area contributed by atoms with Gasteiger partial charge in [0.2, 0.25) is 0 Å². The average Bonchev–Trinajstić information content (AvgIpc) is 3.12. The SMILES string of the molecule is O=C(O)c1ccc(-c2cc(C(=O)O)c3c(-c4ccccc4)[nH]nc3n2)cc1. The van der Waals surface area contributed by atoms with Crippen LogP contribution < -0.4 is 0 Å². The molecule has 7 heteroatoms. The van der Waals surface area contributed by atoms with Crippen LogP contribution in [0.15, 0.2) is 60.7 Å². The standard InChI is InChI=1S/C20H13N3O4/c24-19(25)13-8-6-11(7-9-13)15-10-14(20(26)27)16-17(22-23-18(16)21-15)12-4-2-1-3-5-12/h1-10H,(H,24,25)(H,26,27)(H,21,22,23). The average molecular weight is 359 g/mol. The van der Waals surface area contributed by atoms with Crippen molar-refractivity contribution < 1.29 is 19.8 Å². The Kier molecular flexibility index (Phi) is 3.89. The van der Waals surface area contributed by atoms with Crippen molar-refractivity contribution in [3.63, 3.8) is 0 Å². The van der Waals surface area contributed by atoms with E-state index in [1.54, 1.807) is 12.1 Å². The molecule has 0 atom stereocenters. The van der Waals surface area contributed by atoms with Gasteiger partial charge in [-0.3, -0.25) is 5.10 Å². The van der Waals surface area contributed by atoms with E-state index in [4.69, 9.17) is 5.11 Å². The molecule has 0 unspecified atom stereocenters. The van der Waals surface area contributed by atoms with E-state index in [1.807, 2.05) is 30.3 Å². The molecule has 4 aromatic rings. The number of carboxylic acids is 2. The van der Waals surface area contributed by atoms with Crippen molar-refractivity contribution >= 4 is 23.0 Å². The minimum atomic E-state index is -1.09. The fraction of sp³-hybridized carbons (Fsp3) is 0. The van der Waals surface area contributed by atoms with Crippen molar-refractivity contribution in [3.8, 4) is 22.5 Å². The van der Waals surface area contributed by atoms with Gasteiger partial charge in [-0.1, -0.05) is 42.5 Å². The van der Waals surface area contributed by atoms with Crippen molar-refractivity contribution in [1.29, 1.82) is 0 Å². The summed E-state index contributed by atoms with van der Waals surface area (Å²) in [5, 5.41) is 26.2. The van der Waals surface area contributed by atoms with Crippen LogP contribution in [0.3, 0.4) is 0 Å². The van der Waals surface area contributed by atoms with Crippen LogP contribution in [-0.4, -0.2) is 37.3 Å². The number of carbonyl (C=O) groups is 2. The molecule has 0 saturated carbocycles. The number of aromatic nitrogens is 3. The molecule has 27 heavy (non-hydrogen) atoms. The molecule has 0 aliphatic heterocycles. The van der Waals surface area contributed by atoms with Crippen molar-refractivity contribution in [1.82, 2.24) is 15.2 Å². The second-order valence-electron chi connectivity index (χ2n) is 5.91. The Hall–Kier alpha value is -4.00. The van der Waals surface area contributed by atoms with E-state index in [-0.39, 0.29) is 16.8 Å². The van der Waals surface area contributed by atoms with Crippen molar-refractivity contribution in [3.05, 3.63) is 71.8 Å². The Bertz CT molecular complexity index is 1170. The van der Waals surface area contributed by atoms with Crippen LogP contribution in [0.2, 0.25) is 0 Å². The first kappa shape index (κ1) is 16.5. The normalized spacial score (nSPS) is 10.8. The number of aromatic amines is 1. The second-order valence-corrected chi connectivity index (χ2v) is 5.91. The number of hydrogen-bond donors (Lipinski definition) is 3. The van der Waals surface area contributed by atoms with Gasteiger partial charge in [-0.2, -0.15) is 5.10 Å². The molecule has 0 aliphatic carbocycles.